The lowest BCUT2D eigenvalue weighted by Gasteiger charge is -2.24. The monoisotopic (exact) mass is 598 g/mol. The number of carbonyl (C=O) groups excluding carboxylic acids is 2. The maximum Gasteiger partial charge on any atom is 0.305 e. The van der Waals surface area contributed by atoms with Crippen LogP contribution in [0.5, 0.6) is 11.5 Å². The van der Waals surface area contributed by atoms with Crippen molar-refractivity contribution in [3.8, 4) is 22.6 Å². The fraction of sp³-hybridized carbons (Fsp3) is 0.229. The van der Waals surface area contributed by atoms with E-state index in [1.54, 1.807) is 73.8 Å². The van der Waals surface area contributed by atoms with Gasteiger partial charge < -0.3 is 24.8 Å². The lowest BCUT2D eigenvalue weighted by Crippen LogP contribution is -2.35. The molecular formula is C35H35FN2O6. The molecule has 0 saturated heterocycles. The van der Waals surface area contributed by atoms with Crippen LogP contribution in [0.15, 0.2) is 91.0 Å². The molecule has 0 aliphatic rings. The summed E-state index contributed by atoms with van der Waals surface area (Å²) in [6, 6.07) is 25.4. The van der Waals surface area contributed by atoms with Gasteiger partial charge in [-0.15, -0.1) is 0 Å². The number of hydrogen-bond acceptors (Lipinski definition) is 5. The number of carboxylic acids is 1. The van der Waals surface area contributed by atoms with Crippen LogP contribution in [0.2, 0.25) is 0 Å². The molecule has 8 nitrogen and oxygen atoms in total. The molecular weight excluding hydrogens is 563 g/mol. The second-order valence-corrected chi connectivity index (χ2v) is 10.0. The summed E-state index contributed by atoms with van der Waals surface area (Å²) < 4.78 is 24.3. The lowest BCUT2D eigenvalue weighted by molar-refractivity contribution is -0.137. The number of rotatable bonds is 14. The van der Waals surface area contributed by atoms with Crippen molar-refractivity contribution in [3.63, 3.8) is 0 Å². The van der Waals surface area contributed by atoms with Gasteiger partial charge in [-0.3, -0.25) is 14.4 Å². The first kappa shape index (κ1) is 31.7. The number of amides is 2. The van der Waals surface area contributed by atoms with E-state index in [-0.39, 0.29) is 43.7 Å². The predicted molar refractivity (Wildman–Crippen MR) is 165 cm³/mol. The zero-order valence-electron chi connectivity index (χ0n) is 24.7. The van der Waals surface area contributed by atoms with Crippen LogP contribution >= 0.6 is 0 Å². The van der Waals surface area contributed by atoms with Gasteiger partial charge in [0.2, 0.25) is 0 Å². The summed E-state index contributed by atoms with van der Waals surface area (Å²) >= 11 is 0. The van der Waals surface area contributed by atoms with E-state index in [2.05, 4.69) is 5.32 Å². The van der Waals surface area contributed by atoms with Gasteiger partial charge in [0.15, 0.2) is 11.5 Å². The Hall–Kier alpha value is -5.18. The molecule has 0 radical (unpaired) electrons. The summed E-state index contributed by atoms with van der Waals surface area (Å²) in [5.74, 6) is -0.869. The molecule has 44 heavy (non-hydrogen) atoms. The van der Waals surface area contributed by atoms with E-state index in [0.717, 1.165) is 11.1 Å². The molecule has 0 aliphatic carbocycles. The molecule has 0 fully saturated rings. The standard InChI is InChI=1S/C35H35FN2O6/c1-3-44-32-22-24(14-17-31(32)43-2)18-20-38(21-19-33(39)40)35(42)30-11-7-5-9-28(30)27-8-4-6-10-29(27)34(41)37-23-25-12-15-26(36)16-13-25/h4-17,22H,3,18-21,23H2,1-2H3,(H,37,41)(H,39,40). The van der Waals surface area contributed by atoms with Gasteiger partial charge in [0, 0.05) is 30.8 Å². The van der Waals surface area contributed by atoms with Crippen molar-refractivity contribution in [2.75, 3.05) is 26.8 Å². The first-order chi connectivity index (χ1) is 21.3. The average molecular weight is 599 g/mol. The summed E-state index contributed by atoms with van der Waals surface area (Å²) in [6.45, 7) is 2.82. The average Bonchev–Trinajstić information content (AvgIpc) is 3.04. The summed E-state index contributed by atoms with van der Waals surface area (Å²) in [7, 11) is 1.56. The molecule has 4 aromatic rings. The Morgan fingerprint density at radius 2 is 1.45 bits per heavy atom. The van der Waals surface area contributed by atoms with E-state index in [0.29, 0.717) is 46.8 Å². The number of benzene rings is 4. The first-order valence-corrected chi connectivity index (χ1v) is 14.3. The quantitative estimate of drug-likeness (QED) is 0.185. The normalized spacial score (nSPS) is 10.6. The van der Waals surface area contributed by atoms with Crippen LogP contribution in [-0.2, 0) is 17.8 Å². The summed E-state index contributed by atoms with van der Waals surface area (Å²) in [6.07, 6.45) is 0.239. The summed E-state index contributed by atoms with van der Waals surface area (Å²) in [5.41, 5.74) is 3.47. The number of halogens is 1. The van der Waals surface area contributed by atoms with Crippen LogP contribution in [0, 0.1) is 5.82 Å². The maximum absolute atomic E-state index is 14.0. The second-order valence-electron chi connectivity index (χ2n) is 10.0. The van der Waals surface area contributed by atoms with Gasteiger partial charge in [-0.1, -0.05) is 54.6 Å². The molecule has 0 unspecified atom stereocenters. The Labute approximate surface area is 256 Å². The minimum atomic E-state index is -1.01. The molecule has 0 spiro atoms. The minimum Gasteiger partial charge on any atom is -0.493 e. The second kappa shape index (κ2) is 15.3. The number of carboxylic acid groups (broad SMARTS) is 1. The van der Waals surface area contributed by atoms with Crippen LogP contribution < -0.4 is 14.8 Å². The van der Waals surface area contributed by atoms with E-state index in [1.807, 2.05) is 19.1 Å². The van der Waals surface area contributed by atoms with Gasteiger partial charge in [-0.25, -0.2) is 4.39 Å². The van der Waals surface area contributed by atoms with Crippen LogP contribution in [0.4, 0.5) is 4.39 Å². The largest absolute Gasteiger partial charge is 0.493 e. The number of carbonyl (C=O) groups is 3. The molecule has 0 saturated carbocycles. The van der Waals surface area contributed by atoms with Crippen molar-refractivity contribution < 1.29 is 33.4 Å². The highest BCUT2D eigenvalue weighted by Crippen LogP contribution is 2.30. The molecule has 0 bridgehead atoms. The van der Waals surface area contributed by atoms with Crippen molar-refractivity contribution in [2.24, 2.45) is 0 Å². The Balaban J connectivity index is 1.59. The summed E-state index contributed by atoms with van der Waals surface area (Å²) in [4.78, 5) is 40.3. The summed E-state index contributed by atoms with van der Waals surface area (Å²) in [5, 5.41) is 12.3. The Kier molecular flexibility index (Phi) is 11.1. The van der Waals surface area contributed by atoms with Crippen LogP contribution in [-0.4, -0.2) is 54.6 Å². The van der Waals surface area contributed by atoms with Gasteiger partial charge in [-0.05, 0) is 72.0 Å². The van der Waals surface area contributed by atoms with Crippen molar-refractivity contribution >= 4 is 17.8 Å². The fourth-order valence-electron chi connectivity index (χ4n) is 4.83. The smallest absolute Gasteiger partial charge is 0.305 e. The van der Waals surface area contributed by atoms with Gasteiger partial charge in [-0.2, -0.15) is 0 Å². The van der Waals surface area contributed by atoms with Gasteiger partial charge >= 0.3 is 5.97 Å². The van der Waals surface area contributed by atoms with E-state index in [4.69, 9.17) is 9.47 Å². The number of aliphatic carboxylic acids is 1. The maximum atomic E-state index is 14.0. The number of ether oxygens (including phenoxy) is 2. The highest BCUT2D eigenvalue weighted by molar-refractivity contribution is 6.06. The fourth-order valence-corrected chi connectivity index (χ4v) is 4.83. The number of hydrogen-bond donors (Lipinski definition) is 2. The van der Waals surface area contributed by atoms with Gasteiger partial charge in [0.25, 0.3) is 11.8 Å². The lowest BCUT2D eigenvalue weighted by atomic mass is 9.94. The molecule has 2 N–H and O–H groups in total. The third kappa shape index (κ3) is 8.22. The zero-order chi connectivity index (χ0) is 31.5. The highest BCUT2D eigenvalue weighted by atomic mass is 19.1. The molecule has 0 aliphatic heterocycles. The Bertz CT molecular complexity index is 1610. The van der Waals surface area contributed by atoms with E-state index in [1.165, 1.54) is 17.0 Å². The third-order valence-electron chi connectivity index (χ3n) is 7.07. The Morgan fingerprint density at radius 3 is 2.11 bits per heavy atom. The van der Waals surface area contributed by atoms with E-state index >= 15 is 0 Å². The van der Waals surface area contributed by atoms with Crippen molar-refractivity contribution in [2.45, 2.75) is 26.3 Å². The molecule has 4 aromatic carbocycles. The molecule has 0 aromatic heterocycles. The van der Waals surface area contributed by atoms with E-state index < -0.39 is 5.97 Å². The number of methoxy groups -OCH3 is 1. The van der Waals surface area contributed by atoms with Gasteiger partial charge in [0.1, 0.15) is 5.82 Å². The van der Waals surface area contributed by atoms with Crippen LogP contribution in [0.3, 0.4) is 0 Å². The Morgan fingerprint density at radius 1 is 0.818 bits per heavy atom. The molecule has 4 rings (SSSR count). The zero-order valence-corrected chi connectivity index (χ0v) is 24.7. The molecule has 2 amide bonds. The van der Waals surface area contributed by atoms with Crippen LogP contribution in [0.1, 0.15) is 45.2 Å². The highest BCUT2D eigenvalue weighted by Gasteiger charge is 2.23. The number of nitrogens with zero attached hydrogens (tertiary/aromatic N) is 1. The topological polar surface area (TPSA) is 105 Å². The SMILES string of the molecule is CCOc1cc(CCN(CCC(=O)O)C(=O)c2ccccc2-c2ccccc2C(=O)NCc2ccc(F)cc2)ccc1OC. The minimum absolute atomic E-state index is 0.0107. The van der Waals surface area contributed by atoms with Crippen molar-refractivity contribution in [1.82, 2.24) is 10.2 Å². The van der Waals surface area contributed by atoms with Crippen molar-refractivity contribution in [3.05, 3.63) is 119 Å². The molecule has 0 atom stereocenters. The third-order valence-corrected chi connectivity index (χ3v) is 7.07. The molecule has 228 valence electrons. The molecule has 9 heteroatoms. The van der Waals surface area contributed by atoms with E-state index in [9.17, 15) is 23.9 Å². The van der Waals surface area contributed by atoms with Crippen molar-refractivity contribution in [1.29, 1.82) is 0 Å². The van der Waals surface area contributed by atoms with Gasteiger partial charge in [0.05, 0.1) is 20.1 Å². The van der Waals surface area contributed by atoms with Crippen LogP contribution in [0.25, 0.3) is 11.1 Å². The number of nitrogens with one attached hydrogen (secondary N) is 1. The molecule has 0 heterocycles. The predicted octanol–water partition coefficient (Wildman–Crippen LogP) is 5.99. The first-order valence-electron chi connectivity index (χ1n) is 14.3.